The van der Waals surface area contributed by atoms with Crippen molar-refractivity contribution in [2.24, 2.45) is 5.92 Å². The maximum atomic E-state index is 13.8. The second-order valence-corrected chi connectivity index (χ2v) is 5.88. The predicted octanol–water partition coefficient (Wildman–Crippen LogP) is 2.65. The van der Waals surface area contributed by atoms with Crippen molar-refractivity contribution in [3.8, 4) is 0 Å². The van der Waals surface area contributed by atoms with E-state index < -0.39 is 5.82 Å². The summed E-state index contributed by atoms with van der Waals surface area (Å²) in [7, 11) is 0. The summed E-state index contributed by atoms with van der Waals surface area (Å²) in [6.07, 6.45) is 1.99. The summed E-state index contributed by atoms with van der Waals surface area (Å²) in [5.41, 5.74) is 0.429. The zero-order chi connectivity index (χ0) is 15.7. The molecule has 3 rings (SSSR count). The summed E-state index contributed by atoms with van der Waals surface area (Å²) in [4.78, 5) is 16.5. The van der Waals surface area contributed by atoms with Gasteiger partial charge in [-0.2, -0.15) is 0 Å². The van der Waals surface area contributed by atoms with Gasteiger partial charge in [0, 0.05) is 11.4 Å². The van der Waals surface area contributed by atoms with Gasteiger partial charge in [-0.15, -0.1) is 0 Å². The summed E-state index contributed by atoms with van der Waals surface area (Å²) in [5.74, 6) is -0.416. The van der Waals surface area contributed by atoms with E-state index in [0.29, 0.717) is 11.3 Å². The number of aliphatic hydroxyl groups excluding tert-OH is 1. The van der Waals surface area contributed by atoms with E-state index in [4.69, 9.17) is 0 Å². The van der Waals surface area contributed by atoms with Gasteiger partial charge in [-0.25, -0.2) is 9.37 Å². The second kappa shape index (κ2) is 6.01. The molecule has 1 saturated carbocycles. The van der Waals surface area contributed by atoms with E-state index in [1.165, 1.54) is 6.07 Å². The van der Waals surface area contributed by atoms with Crippen LogP contribution >= 0.6 is 0 Å². The van der Waals surface area contributed by atoms with E-state index in [1.54, 1.807) is 24.3 Å². The number of hydrogen-bond donors (Lipinski definition) is 2. The molecule has 1 aliphatic carbocycles. The number of halogens is 1. The molecule has 5 heteroatoms. The minimum absolute atomic E-state index is 0.0222. The van der Waals surface area contributed by atoms with Crippen molar-refractivity contribution in [1.82, 2.24) is 10.3 Å². The fourth-order valence-electron chi connectivity index (χ4n) is 2.99. The van der Waals surface area contributed by atoms with E-state index in [1.807, 2.05) is 6.92 Å². The Labute approximate surface area is 128 Å². The molecule has 1 aromatic carbocycles. The Balaban J connectivity index is 1.78. The van der Waals surface area contributed by atoms with Crippen molar-refractivity contribution in [3.05, 3.63) is 41.8 Å². The first-order chi connectivity index (χ1) is 10.6. The van der Waals surface area contributed by atoms with Gasteiger partial charge in [0.05, 0.1) is 6.10 Å². The maximum absolute atomic E-state index is 13.8. The molecule has 0 bridgehead atoms. The molecule has 1 aliphatic rings. The van der Waals surface area contributed by atoms with Crippen LogP contribution in [-0.2, 0) is 0 Å². The molecule has 1 unspecified atom stereocenters. The average Bonchev–Trinajstić information content (AvgIpc) is 2.50. The topological polar surface area (TPSA) is 62.2 Å². The number of nitrogens with one attached hydrogen (secondary N) is 1. The monoisotopic (exact) mass is 302 g/mol. The third-order valence-electron chi connectivity index (χ3n) is 4.38. The number of carbonyl (C=O) groups is 1. The number of para-hydroxylation sites is 1. The number of hydrogen-bond acceptors (Lipinski definition) is 3. The summed E-state index contributed by atoms with van der Waals surface area (Å²) in [6, 6.07) is 8.05. The molecule has 1 amide bonds. The molecule has 1 fully saturated rings. The lowest BCUT2D eigenvalue weighted by atomic mass is 9.76. The molecule has 1 atom stereocenters. The minimum Gasteiger partial charge on any atom is -0.393 e. The van der Waals surface area contributed by atoms with Crippen LogP contribution in [0.2, 0.25) is 0 Å². The largest absolute Gasteiger partial charge is 0.393 e. The van der Waals surface area contributed by atoms with Gasteiger partial charge in [-0.3, -0.25) is 4.79 Å². The number of aliphatic hydroxyl groups is 1. The van der Waals surface area contributed by atoms with Crippen LogP contribution in [0.4, 0.5) is 4.39 Å². The fourth-order valence-corrected chi connectivity index (χ4v) is 2.99. The molecule has 1 heterocycles. The zero-order valence-corrected chi connectivity index (χ0v) is 12.4. The van der Waals surface area contributed by atoms with Gasteiger partial charge in [-0.1, -0.05) is 25.1 Å². The first-order valence-corrected chi connectivity index (χ1v) is 7.62. The van der Waals surface area contributed by atoms with Crippen molar-refractivity contribution >= 4 is 16.8 Å². The van der Waals surface area contributed by atoms with Gasteiger partial charge in [0.1, 0.15) is 17.0 Å². The Hall–Kier alpha value is -2.01. The molecule has 4 nitrogen and oxygen atoms in total. The highest BCUT2D eigenvalue weighted by molar-refractivity contribution is 5.95. The number of nitrogens with zero attached hydrogens (tertiary/aromatic N) is 1. The van der Waals surface area contributed by atoms with E-state index in [9.17, 15) is 14.3 Å². The van der Waals surface area contributed by atoms with Gasteiger partial charge in [-0.05, 0) is 37.3 Å². The number of benzene rings is 1. The zero-order valence-electron chi connectivity index (χ0n) is 12.4. The Kier molecular flexibility index (Phi) is 4.07. The van der Waals surface area contributed by atoms with Gasteiger partial charge in [0.15, 0.2) is 0 Å². The van der Waals surface area contributed by atoms with E-state index in [0.717, 1.165) is 19.3 Å². The van der Waals surface area contributed by atoms with Crippen LogP contribution in [0, 0.1) is 11.7 Å². The highest BCUT2D eigenvalue weighted by Gasteiger charge is 2.34. The van der Waals surface area contributed by atoms with Crippen LogP contribution < -0.4 is 5.32 Å². The summed E-state index contributed by atoms with van der Waals surface area (Å²) >= 11 is 0. The molecular formula is C17H19FN2O2. The van der Waals surface area contributed by atoms with Gasteiger partial charge in [0.25, 0.3) is 5.91 Å². The Morgan fingerprint density at radius 2 is 2.18 bits per heavy atom. The predicted molar refractivity (Wildman–Crippen MR) is 82.0 cm³/mol. The molecule has 116 valence electrons. The van der Waals surface area contributed by atoms with Crippen molar-refractivity contribution < 1.29 is 14.3 Å². The van der Waals surface area contributed by atoms with Crippen LogP contribution in [0.1, 0.15) is 36.7 Å². The molecule has 0 radical (unpaired) electrons. The molecule has 22 heavy (non-hydrogen) atoms. The molecular weight excluding hydrogens is 283 g/mol. The number of fused-ring (bicyclic) bond motifs is 1. The molecule has 0 aliphatic heterocycles. The van der Waals surface area contributed by atoms with E-state index in [-0.39, 0.29) is 29.3 Å². The number of pyridine rings is 1. The standard InChI is InChI=1S/C17H19FN2O2/c1-2-14(11-8-12(21)9-11)20-17(22)15-7-6-10-4-3-5-13(18)16(10)19-15/h3-7,11-12,14,21H,2,8-9H2,1H3,(H,20,22). The summed E-state index contributed by atoms with van der Waals surface area (Å²) in [5, 5.41) is 13.0. The van der Waals surface area contributed by atoms with Crippen LogP contribution in [-0.4, -0.2) is 28.1 Å². The Morgan fingerprint density at radius 3 is 2.86 bits per heavy atom. The molecule has 2 aromatic rings. The van der Waals surface area contributed by atoms with Crippen LogP contribution in [0.5, 0.6) is 0 Å². The van der Waals surface area contributed by atoms with Gasteiger partial charge >= 0.3 is 0 Å². The summed E-state index contributed by atoms with van der Waals surface area (Å²) < 4.78 is 13.8. The van der Waals surface area contributed by atoms with Crippen LogP contribution in [0.15, 0.2) is 30.3 Å². The average molecular weight is 302 g/mol. The fraction of sp³-hybridized carbons (Fsp3) is 0.412. The van der Waals surface area contributed by atoms with Crippen molar-refractivity contribution in [1.29, 1.82) is 0 Å². The number of amides is 1. The third-order valence-corrected chi connectivity index (χ3v) is 4.38. The number of aromatic nitrogens is 1. The molecule has 0 saturated heterocycles. The van der Waals surface area contributed by atoms with E-state index >= 15 is 0 Å². The lowest BCUT2D eigenvalue weighted by Crippen LogP contribution is -2.46. The SMILES string of the molecule is CCC(NC(=O)c1ccc2cccc(F)c2n1)C1CC(O)C1. The first kappa shape index (κ1) is 14.9. The molecule has 2 N–H and O–H groups in total. The van der Waals surface area contributed by atoms with Crippen molar-refractivity contribution in [3.63, 3.8) is 0 Å². The second-order valence-electron chi connectivity index (χ2n) is 5.88. The quantitative estimate of drug-likeness (QED) is 0.912. The Morgan fingerprint density at radius 1 is 1.41 bits per heavy atom. The van der Waals surface area contributed by atoms with E-state index in [2.05, 4.69) is 10.3 Å². The smallest absolute Gasteiger partial charge is 0.270 e. The molecule has 1 aromatic heterocycles. The lowest BCUT2D eigenvalue weighted by Gasteiger charge is -2.37. The maximum Gasteiger partial charge on any atom is 0.270 e. The summed E-state index contributed by atoms with van der Waals surface area (Å²) in [6.45, 7) is 2.00. The third kappa shape index (κ3) is 2.81. The molecule has 0 spiro atoms. The highest BCUT2D eigenvalue weighted by atomic mass is 19.1. The number of carbonyl (C=O) groups excluding carboxylic acids is 1. The van der Waals surface area contributed by atoms with Gasteiger partial charge < -0.3 is 10.4 Å². The first-order valence-electron chi connectivity index (χ1n) is 7.62. The van der Waals surface area contributed by atoms with Gasteiger partial charge in [0.2, 0.25) is 0 Å². The van der Waals surface area contributed by atoms with Crippen LogP contribution in [0.3, 0.4) is 0 Å². The van der Waals surface area contributed by atoms with Crippen LogP contribution in [0.25, 0.3) is 10.9 Å². The highest BCUT2D eigenvalue weighted by Crippen LogP contribution is 2.31. The Bertz CT molecular complexity index is 698. The lowest BCUT2D eigenvalue weighted by molar-refractivity contribution is 0.0232. The normalized spacial score (nSPS) is 22.1. The number of rotatable bonds is 4. The van der Waals surface area contributed by atoms with Crippen molar-refractivity contribution in [2.75, 3.05) is 0 Å². The minimum atomic E-state index is -0.429. The van der Waals surface area contributed by atoms with Crippen molar-refractivity contribution in [2.45, 2.75) is 38.3 Å².